The molecule has 0 saturated heterocycles. The zero-order valence-corrected chi connectivity index (χ0v) is 13.3. The molecule has 0 heterocycles. The molecule has 1 amide bonds. The second-order valence-electron chi connectivity index (χ2n) is 6.94. The number of carboxylic acid groups (broad SMARTS) is 1. The monoisotopic (exact) mass is 295 g/mol. The van der Waals surface area contributed by atoms with E-state index >= 15 is 0 Å². The quantitative estimate of drug-likeness (QED) is 0.806. The number of hydrogen-bond donors (Lipinski definition) is 1. The van der Waals surface area contributed by atoms with Crippen LogP contribution >= 0.6 is 0 Å². The van der Waals surface area contributed by atoms with E-state index in [1.165, 1.54) is 12.8 Å². The first-order valence-electron chi connectivity index (χ1n) is 8.55. The lowest BCUT2D eigenvalue weighted by atomic mass is 9.77. The molecule has 0 aromatic carbocycles. The number of hydrogen-bond acceptors (Lipinski definition) is 2. The van der Waals surface area contributed by atoms with Gasteiger partial charge in [-0.2, -0.15) is 0 Å². The zero-order chi connectivity index (χ0) is 15.3. The van der Waals surface area contributed by atoms with E-state index < -0.39 is 11.5 Å². The van der Waals surface area contributed by atoms with Gasteiger partial charge in [0.1, 0.15) is 0 Å². The summed E-state index contributed by atoms with van der Waals surface area (Å²) in [6.45, 7) is 0. The standard InChI is InChI=1S/C17H29NO3/c1-18(16(21)14-9-5-2-3-6-10-14)17(13-15(19)20)11-7-4-8-12-17/h14H,2-13H2,1H3,(H,19,20). The summed E-state index contributed by atoms with van der Waals surface area (Å²) < 4.78 is 0. The molecule has 0 bridgehead atoms. The number of aliphatic carboxylic acids is 1. The first-order chi connectivity index (χ1) is 10.1. The molecule has 1 N–H and O–H groups in total. The number of carbonyl (C=O) groups excluding carboxylic acids is 1. The van der Waals surface area contributed by atoms with Gasteiger partial charge in [0.15, 0.2) is 0 Å². The first kappa shape index (κ1) is 16.3. The minimum absolute atomic E-state index is 0.0992. The van der Waals surface area contributed by atoms with Gasteiger partial charge in [-0.1, -0.05) is 44.9 Å². The maximum absolute atomic E-state index is 12.9. The molecule has 4 nitrogen and oxygen atoms in total. The summed E-state index contributed by atoms with van der Waals surface area (Å²) in [6.07, 6.45) is 11.7. The fourth-order valence-electron chi connectivity index (χ4n) is 4.16. The van der Waals surface area contributed by atoms with Gasteiger partial charge in [0.2, 0.25) is 5.91 Å². The summed E-state index contributed by atoms with van der Waals surface area (Å²) in [6, 6.07) is 0. The van der Waals surface area contributed by atoms with Crippen molar-refractivity contribution in [3.8, 4) is 0 Å². The molecule has 2 aliphatic carbocycles. The number of carbonyl (C=O) groups is 2. The van der Waals surface area contributed by atoms with E-state index in [1.807, 2.05) is 11.9 Å². The van der Waals surface area contributed by atoms with Crippen LogP contribution in [0.25, 0.3) is 0 Å². The molecule has 0 aliphatic heterocycles. The summed E-state index contributed by atoms with van der Waals surface area (Å²) in [5.41, 5.74) is -0.437. The van der Waals surface area contributed by atoms with Crippen LogP contribution in [0.3, 0.4) is 0 Å². The Balaban J connectivity index is 2.10. The highest BCUT2D eigenvalue weighted by atomic mass is 16.4. The molecule has 2 aliphatic rings. The molecule has 0 aromatic rings. The number of rotatable bonds is 4. The minimum atomic E-state index is -0.780. The van der Waals surface area contributed by atoms with Crippen molar-refractivity contribution >= 4 is 11.9 Å². The van der Waals surface area contributed by atoms with Crippen LogP contribution in [0.15, 0.2) is 0 Å². The normalized spacial score (nSPS) is 23.3. The van der Waals surface area contributed by atoms with Crippen LogP contribution in [0.2, 0.25) is 0 Å². The molecule has 21 heavy (non-hydrogen) atoms. The van der Waals surface area contributed by atoms with Gasteiger partial charge in [0.05, 0.1) is 12.0 Å². The number of nitrogens with zero attached hydrogens (tertiary/aromatic N) is 1. The van der Waals surface area contributed by atoms with E-state index in [9.17, 15) is 14.7 Å². The highest BCUT2D eigenvalue weighted by Gasteiger charge is 2.41. The predicted molar refractivity (Wildman–Crippen MR) is 82.0 cm³/mol. The van der Waals surface area contributed by atoms with E-state index in [1.54, 1.807) is 0 Å². The Morgan fingerprint density at radius 3 is 2.05 bits per heavy atom. The molecule has 2 saturated carbocycles. The van der Waals surface area contributed by atoms with E-state index in [0.29, 0.717) is 0 Å². The number of amides is 1. The minimum Gasteiger partial charge on any atom is -0.481 e. The molecule has 4 heteroatoms. The van der Waals surface area contributed by atoms with Crippen molar-refractivity contribution in [2.75, 3.05) is 7.05 Å². The molecule has 120 valence electrons. The number of carboxylic acids is 1. The largest absolute Gasteiger partial charge is 0.481 e. The molecular weight excluding hydrogens is 266 g/mol. The average molecular weight is 295 g/mol. The van der Waals surface area contributed by atoms with Crippen LogP contribution in [0.5, 0.6) is 0 Å². The fraction of sp³-hybridized carbons (Fsp3) is 0.882. The highest BCUT2D eigenvalue weighted by molar-refractivity contribution is 5.80. The summed E-state index contributed by atoms with van der Waals surface area (Å²) in [5.74, 6) is -0.470. The van der Waals surface area contributed by atoms with Gasteiger partial charge < -0.3 is 10.0 Å². The second kappa shape index (κ2) is 7.28. The zero-order valence-electron chi connectivity index (χ0n) is 13.3. The third kappa shape index (κ3) is 3.98. The van der Waals surface area contributed by atoms with E-state index in [2.05, 4.69) is 0 Å². The Morgan fingerprint density at radius 2 is 1.52 bits per heavy atom. The van der Waals surface area contributed by atoms with E-state index in [0.717, 1.165) is 57.8 Å². The first-order valence-corrected chi connectivity index (χ1v) is 8.55. The van der Waals surface area contributed by atoms with Crippen molar-refractivity contribution in [2.24, 2.45) is 5.92 Å². The van der Waals surface area contributed by atoms with E-state index in [-0.39, 0.29) is 18.2 Å². The Morgan fingerprint density at radius 1 is 1.00 bits per heavy atom. The van der Waals surface area contributed by atoms with Gasteiger partial charge in [0, 0.05) is 13.0 Å². The van der Waals surface area contributed by atoms with Crippen LogP contribution in [0.1, 0.15) is 77.0 Å². The second-order valence-corrected chi connectivity index (χ2v) is 6.94. The van der Waals surface area contributed by atoms with Crippen LogP contribution in [0, 0.1) is 5.92 Å². The Hall–Kier alpha value is -1.06. The van der Waals surface area contributed by atoms with Gasteiger partial charge in [-0.25, -0.2) is 0 Å². The summed E-state index contributed by atoms with van der Waals surface area (Å²) in [4.78, 5) is 26.0. The van der Waals surface area contributed by atoms with Crippen molar-refractivity contribution in [1.82, 2.24) is 4.90 Å². The predicted octanol–water partition coefficient (Wildman–Crippen LogP) is 3.59. The SMILES string of the molecule is CN(C(=O)C1CCCCCC1)C1(CC(=O)O)CCCCC1. The lowest BCUT2D eigenvalue weighted by molar-refractivity contribution is -0.148. The molecule has 0 atom stereocenters. The van der Waals surface area contributed by atoms with Gasteiger partial charge in [-0.3, -0.25) is 9.59 Å². The van der Waals surface area contributed by atoms with Crippen LogP contribution in [-0.4, -0.2) is 34.5 Å². The molecule has 0 aromatic heterocycles. The van der Waals surface area contributed by atoms with Crippen molar-refractivity contribution in [1.29, 1.82) is 0 Å². The molecule has 0 radical (unpaired) electrons. The maximum atomic E-state index is 12.9. The van der Waals surface area contributed by atoms with Crippen LogP contribution < -0.4 is 0 Å². The Bertz CT molecular complexity index is 366. The molecule has 0 unspecified atom stereocenters. The Kier molecular flexibility index (Phi) is 5.65. The van der Waals surface area contributed by atoms with Crippen molar-refractivity contribution < 1.29 is 14.7 Å². The molecular formula is C17H29NO3. The maximum Gasteiger partial charge on any atom is 0.305 e. The molecule has 2 rings (SSSR count). The summed E-state index contributed by atoms with van der Waals surface area (Å²) in [5, 5.41) is 9.28. The van der Waals surface area contributed by atoms with Crippen LogP contribution in [0.4, 0.5) is 0 Å². The summed E-state index contributed by atoms with van der Waals surface area (Å²) in [7, 11) is 1.85. The van der Waals surface area contributed by atoms with Crippen molar-refractivity contribution in [3.05, 3.63) is 0 Å². The topological polar surface area (TPSA) is 57.6 Å². The average Bonchev–Trinajstić information content (AvgIpc) is 2.75. The lowest BCUT2D eigenvalue weighted by Gasteiger charge is -2.45. The van der Waals surface area contributed by atoms with Gasteiger partial charge in [0.25, 0.3) is 0 Å². The van der Waals surface area contributed by atoms with Gasteiger partial charge >= 0.3 is 5.97 Å². The highest BCUT2D eigenvalue weighted by Crippen LogP contribution is 2.37. The van der Waals surface area contributed by atoms with Gasteiger partial charge in [-0.15, -0.1) is 0 Å². The summed E-state index contributed by atoms with van der Waals surface area (Å²) >= 11 is 0. The third-order valence-electron chi connectivity index (χ3n) is 5.51. The van der Waals surface area contributed by atoms with Crippen LogP contribution in [-0.2, 0) is 9.59 Å². The Labute approximate surface area is 127 Å². The van der Waals surface area contributed by atoms with Crippen molar-refractivity contribution in [2.45, 2.75) is 82.6 Å². The molecule has 0 spiro atoms. The van der Waals surface area contributed by atoms with Gasteiger partial charge in [-0.05, 0) is 25.7 Å². The third-order valence-corrected chi connectivity index (χ3v) is 5.51. The molecule has 2 fully saturated rings. The lowest BCUT2D eigenvalue weighted by Crippen LogP contribution is -2.53. The van der Waals surface area contributed by atoms with Crippen molar-refractivity contribution in [3.63, 3.8) is 0 Å². The smallest absolute Gasteiger partial charge is 0.305 e. The van der Waals surface area contributed by atoms with E-state index in [4.69, 9.17) is 0 Å². The fourth-order valence-corrected chi connectivity index (χ4v) is 4.16.